The third-order valence-corrected chi connectivity index (χ3v) is 3.93. The van der Waals surface area contributed by atoms with Gasteiger partial charge in [0, 0.05) is 37.3 Å². The van der Waals surface area contributed by atoms with Crippen LogP contribution in [0.4, 0.5) is 11.5 Å². The predicted octanol–water partition coefficient (Wildman–Crippen LogP) is 1.66. The van der Waals surface area contributed by atoms with Crippen molar-refractivity contribution in [3.63, 3.8) is 0 Å². The normalized spacial score (nSPS) is 16.8. The number of likely N-dealkylation sites (N-methyl/N-ethyl adjacent to an activating group) is 1. The lowest BCUT2D eigenvalue weighted by Gasteiger charge is -2.35. The van der Waals surface area contributed by atoms with E-state index in [1.165, 1.54) is 0 Å². The van der Waals surface area contributed by atoms with Crippen molar-refractivity contribution in [1.82, 2.24) is 14.9 Å². The molecule has 3 rings (SSSR count). The van der Waals surface area contributed by atoms with Crippen molar-refractivity contribution in [3.8, 4) is 0 Å². The molecule has 5 nitrogen and oxygen atoms in total. The Morgan fingerprint density at radius 1 is 1.15 bits per heavy atom. The molecule has 1 aromatic carbocycles. The van der Waals surface area contributed by atoms with Crippen molar-refractivity contribution in [3.05, 3.63) is 24.0 Å². The Labute approximate surface area is 119 Å². The molecule has 0 spiro atoms. The molecule has 0 saturated carbocycles. The zero-order valence-corrected chi connectivity index (χ0v) is 12.1. The summed E-state index contributed by atoms with van der Waals surface area (Å²) in [6.07, 6.45) is 0. The highest BCUT2D eigenvalue weighted by molar-refractivity contribution is 5.91. The number of anilines is 2. The molecule has 1 fully saturated rings. The van der Waals surface area contributed by atoms with Gasteiger partial charge < -0.3 is 15.5 Å². The minimum atomic E-state index is 0.762. The summed E-state index contributed by atoms with van der Waals surface area (Å²) in [6.45, 7) is 9.46. The monoisotopic (exact) mass is 271 g/mol. The summed E-state index contributed by atoms with van der Waals surface area (Å²) in [5.74, 6) is 1.84. The van der Waals surface area contributed by atoms with E-state index >= 15 is 0 Å². The van der Waals surface area contributed by atoms with E-state index in [2.05, 4.69) is 26.7 Å². The summed E-state index contributed by atoms with van der Waals surface area (Å²) in [4.78, 5) is 14.0. The molecule has 0 bridgehead atoms. The first-order chi connectivity index (χ1) is 9.67. The number of fused-ring (bicyclic) bond motifs is 1. The third kappa shape index (κ3) is 2.41. The first-order valence-corrected chi connectivity index (χ1v) is 7.18. The molecule has 2 heterocycles. The Bertz CT molecular complexity index is 617. The molecule has 1 saturated heterocycles. The van der Waals surface area contributed by atoms with E-state index in [0.29, 0.717) is 0 Å². The Morgan fingerprint density at radius 2 is 1.90 bits per heavy atom. The number of piperazine rings is 1. The van der Waals surface area contributed by atoms with E-state index in [9.17, 15) is 0 Å². The van der Waals surface area contributed by atoms with Gasteiger partial charge in [-0.2, -0.15) is 0 Å². The zero-order chi connectivity index (χ0) is 14.1. The fourth-order valence-corrected chi connectivity index (χ4v) is 2.76. The van der Waals surface area contributed by atoms with Crippen molar-refractivity contribution in [1.29, 1.82) is 0 Å². The van der Waals surface area contributed by atoms with E-state index < -0.39 is 0 Å². The van der Waals surface area contributed by atoms with Crippen LogP contribution in [0, 0.1) is 6.92 Å². The summed E-state index contributed by atoms with van der Waals surface area (Å²) in [6, 6.07) is 5.86. The Kier molecular flexibility index (Phi) is 3.44. The fraction of sp³-hybridized carbons (Fsp3) is 0.467. The van der Waals surface area contributed by atoms with Crippen LogP contribution in [0.5, 0.6) is 0 Å². The molecule has 2 aromatic rings. The van der Waals surface area contributed by atoms with Gasteiger partial charge in [-0.15, -0.1) is 0 Å². The minimum absolute atomic E-state index is 0.762. The number of hydrogen-bond donors (Lipinski definition) is 1. The van der Waals surface area contributed by atoms with Gasteiger partial charge in [-0.1, -0.05) is 6.92 Å². The number of aryl methyl sites for hydroxylation is 1. The molecule has 2 N–H and O–H groups in total. The second-order valence-electron chi connectivity index (χ2n) is 5.29. The number of hydrogen-bond acceptors (Lipinski definition) is 5. The van der Waals surface area contributed by atoms with Crippen LogP contribution < -0.4 is 10.6 Å². The molecule has 0 radical (unpaired) electrons. The molecular weight excluding hydrogens is 250 g/mol. The first-order valence-electron chi connectivity index (χ1n) is 7.18. The van der Waals surface area contributed by atoms with Gasteiger partial charge >= 0.3 is 0 Å². The Morgan fingerprint density at radius 3 is 2.60 bits per heavy atom. The lowest BCUT2D eigenvalue weighted by atomic mass is 10.2. The third-order valence-electron chi connectivity index (χ3n) is 3.93. The molecule has 0 unspecified atom stereocenters. The van der Waals surface area contributed by atoms with Crippen molar-refractivity contribution in [2.24, 2.45) is 0 Å². The highest BCUT2D eigenvalue weighted by Gasteiger charge is 2.19. The van der Waals surface area contributed by atoms with Gasteiger partial charge in [0.1, 0.15) is 11.6 Å². The number of nitrogens with zero attached hydrogens (tertiary/aromatic N) is 4. The highest BCUT2D eigenvalue weighted by Crippen LogP contribution is 2.26. The van der Waals surface area contributed by atoms with E-state index in [1.54, 1.807) is 0 Å². The zero-order valence-electron chi connectivity index (χ0n) is 12.1. The maximum atomic E-state index is 5.92. The summed E-state index contributed by atoms with van der Waals surface area (Å²) in [5, 5.41) is 1.06. The summed E-state index contributed by atoms with van der Waals surface area (Å²) in [7, 11) is 0. The number of nitrogen functional groups attached to an aromatic ring is 1. The molecule has 0 aliphatic carbocycles. The van der Waals surface area contributed by atoms with Gasteiger partial charge in [-0.05, 0) is 31.7 Å². The maximum absolute atomic E-state index is 5.92. The van der Waals surface area contributed by atoms with Crippen LogP contribution in [-0.2, 0) is 0 Å². The van der Waals surface area contributed by atoms with Gasteiger partial charge in [0.25, 0.3) is 0 Å². The molecule has 0 amide bonds. The second kappa shape index (κ2) is 5.25. The molecular formula is C15H21N5. The van der Waals surface area contributed by atoms with Crippen molar-refractivity contribution >= 4 is 22.4 Å². The number of benzene rings is 1. The lowest BCUT2D eigenvalue weighted by molar-refractivity contribution is 0.270. The fourth-order valence-electron chi connectivity index (χ4n) is 2.76. The van der Waals surface area contributed by atoms with Crippen molar-refractivity contribution < 1.29 is 0 Å². The number of rotatable bonds is 2. The minimum Gasteiger partial charge on any atom is -0.399 e. The summed E-state index contributed by atoms with van der Waals surface area (Å²) >= 11 is 0. The molecule has 1 aromatic heterocycles. The average Bonchev–Trinajstić information content (AvgIpc) is 2.47. The standard InChI is InChI=1S/C15H21N5/c1-3-19-6-8-20(9-7-19)15-13-10-12(16)4-5-14(13)17-11(2)18-15/h4-5,10H,3,6-9,16H2,1-2H3. The average molecular weight is 271 g/mol. The van der Waals surface area contributed by atoms with Gasteiger partial charge in [0.15, 0.2) is 0 Å². The molecule has 0 atom stereocenters. The van der Waals surface area contributed by atoms with Crippen LogP contribution in [0.15, 0.2) is 18.2 Å². The quantitative estimate of drug-likeness (QED) is 0.842. The molecule has 20 heavy (non-hydrogen) atoms. The maximum Gasteiger partial charge on any atom is 0.140 e. The predicted molar refractivity (Wildman–Crippen MR) is 83.0 cm³/mol. The van der Waals surface area contributed by atoms with E-state index in [0.717, 1.165) is 61.0 Å². The van der Waals surface area contributed by atoms with Crippen LogP contribution in [0.2, 0.25) is 0 Å². The number of aromatic nitrogens is 2. The van der Waals surface area contributed by atoms with Crippen LogP contribution in [-0.4, -0.2) is 47.6 Å². The van der Waals surface area contributed by atoms with Gasteiger partial charge in [-0.25, -0.2) is 9.97 Å². The Balaban J connectivity index is 2.00. The van der Waals surface area contributed by atoms with Crippen molar-refractivity contribution in [2.75, 3.05) is 43.4 Å². The highest BCUT2D eigenvalue weighted by atomic mass is 15.3. The van der Waals surface area contributed by atoms with Gasteiger partial charge in [0.05, 0.1) is 5.52 Å². The van der Waals surface area contributed by atoms with Gasteiger partial charge in [-0.3, -0.25) is 0 Å². The van der Waals surface area contributed by atoms with E-state index in [-0.39, 0.29) is 0 Å². The summed E-state index contributed by atoms with van der Waals surface area (Å²) < 4.78 is 0. The largest absolute Gasteiger partial charge is 0.399 e. The van der Waals surface area contributed by atoms with Crippen LogP contribution >= 0.6 is 0 Å². The second-order valence-corrected chi connectivity index (χ2v) is 5.29. The SMILES string of the molecule is CCN1CCN(c2nc(C)nc3ccc(N)cc23)CC1. The first kappa shape index (κ1) is 13.1. The van der Waals surface area contributed by atoms with E-state index in [1.807, 2.05) is 25.1 Å². The van der Waals surface area contributed by atoms with Crippen LogP contribution in [0.1, 0.15) is 12.7 Å². The molecule has 106 valence electrons. The Hall–Kier alpha value is -1.88. The smallest absolute Gasteiger partial charge is 0.140 e. The number of nitrogens with two attached hydrogens (primary N) is 1. The molecule has 1 aliphatic heterocycles. The molecule has 1 aliphatic rings. The van der Waals surface area contributed by atoms with Crippen LogP contribution in [0.3, 0.4) is 0 Å². The lowest BCUT2D eigenvalue weighted by Crippen LogP contribution is -2.46. The summed E-state index contributed by atoms with van der Waals surface area (Å²) in [5.41, 5.74) is 7.66. The van der Waals surface area contributed by atoms with Gasteiger partial charge in [0.2, 0.25) is 0 Å². The van der Waals surface area contributed by atoms with Crippen LogP contribution in [0.25, 0.3) is 10.9 Å². The molecule has 5 heteroatoms. The van der Waals surface area contributed by atoms with E-state index in [4.69, 9.17) is 5.73 Å². The topological polar surface area (TPSA) is 58.3 Å². The van der Waals surface area contributed by atoms with Crippen molar-refractivity contribution in [2.45, 2.75) is 13.8 Å².